The molecule has 0 aliphatic carbocycles. The van der Waals surface area contributed by atoms with Crippen LogP contribution in [0.4, 0.5) is 0 Å². The summed E-state index contributed by atoms with van der Waals surface area (Å²) in [6.45, 7) is 9.79. The Morgan fingerprint density at radius 2 is 0.750 bits per heavy atom. The molecule has 0 N–H and O–H groups in total. The van der Waals surface area contributed by atoms with Crippen molar-refractivity contribution in [3.05, 3.63) is 97.1 Å². The third-order valence-corrected chi connectivity index (χ3v) is 13.3. The van der Waals surface area contributed by atoms with Crippen LogP contribution in [0.1, 0.15) is 0 Å². The minimum atomic E-state index is -1.67. The lowest BCUT2D eigenvalue weighted by Gasteiger charge is -2.26. The van der Waals surface area contributed by atoms with Crippen molar-refractivity contribution in [3.63, 3.8) is 0 Å². The summed E-state index contributed by atoms with van der Waals surface area (Å²) in [4.78, 5) is 0. The van der Waals surface area contributed by atoms with E-state index in [0.717, 1.165) is 0 Å². The molecule has 4 rings (SSSR count). The molecule has 0 aliphatic rings. The smallest absolute Gasteiger partial charge is 0.0626 e. The summed E-state index contributed by atoms with van der Waals surface area (Å²) in [6, 6.07) is 36.2. The lowest BCUT2D eigenvalue weighted by Crippen LogP contribution is -2.53. The first-order chi connectivity index (χ1) is 13.4. The Bertz CT molecular complexity index is 1010. The van der Waals surface area contributed by atoms with Gasteiger partial charge in [-0.05, 0) is 10.8 Å². The van der Waals surface area contributed by atoms with E-state index in [1.807, 2.05) is 0 Å². The van der Waals surface area contributed by atoms with Gasteiger partial charge in [-0.3, -0.25) is 0 Å². The van der Waals surface area contributed by atoms with Gasteiger partial charge >= 0.3 is 0 Å². The minimum absolute atomic E-state index is 1.36. The average Bonchev–Trinajstić information content (AvgIpc) is 2.74. The molecule has 0 radical (unpaired) electrons. The fourth-order valence-corrected chi connectivity index (χ4v) is 8.82. The van der Waals surface area contributed by atoms with E-state index in [1.54, 1.807) is 0 Å². The van der Waals surface area contributed by atoms with Crippen LogP contribution >= 0.6 is 0 Å². The third kappa shape index (κ3) is 3.38. The molecule has 0 heterocycles. The van der Waals surface area contributed by atoms with Gasteiger partial charge in [0.1, 0.15) is 16.1 Å². The van der Waals surface area contributed by atoms with Crippen molar-refractivity contribution in [2.45, 2.75) is 26.2 Å². The standard InChI is InChI=1S/C26H28Si2/c1-27(2,23-11-7-5-8-12-23)25-17-15-22-20-26(18-16-21(22)19-25)28(3,4)24-13-9-6-10-14-24/h5-20H,1-4H3. The fourth-order valence-electron chi connectivity index (χ4n) is 4.07. The van der Waals surface area contributed by atoms with Crippen LogP contribution < -0.4 is 20.7 Å². The zero-order chi connectivity index (χ0) is 19.8. The van der Waals surface area contributed by atoms with Crippen molar-refractivity contribution in [2.24, 2.45) is 0 Å². The predicted molar refractivity (Wildman–Crippen MR) is 130 cm³/mol. The Morgan fingerprint density at radius 3 is 1.11 bits per heavy atom. The second-order valence-corrected chi connectivity index (χ2v) is 17.6. The maximum Gasteiger partial charge on any atom is 0.112 e. The summed E-state index contributed by atoms with van der Waals surface area (Å²) in [5.74, 6) is 0. The zero-order valence-electron chi connectivity index (χ0n) is 17.2. The van der Waals surface area contributed by atoms with E-state index in [0.29, 0.717) is 0 Å². The first-order valence-electron chi connectivity index (χ1n) is 10.0. The van der Waals surface area contributed by atoms with Gasteiger partial charge in [-0.1, -0.05) is 144 Å². The molecule has 4 aromatic carbocycles. The van der Waals surface area contributed by atoms with Gasteiger partial charge in [-0.15, -0.1) is 0 Å². The molecule has 0 bridgehead atoms. The summed E-state index contributed by atoms with van der Waals surface area (Å²) in [6.07, 6.45) is 0. The molecule has 0 saturated carbocycles. The number of hydrogen-bond acceptors (Lipinski definition) is 0. The average molecular weight is 397 g/mol. The molecule has 140 valence electrons. The highest BCUT2D eigenvalue weighted by atomic mass is 28.3. The van der Waals surface area contributed by atoms with Gasteiger partial charge in [-0.25, -0.2) is 0 Å². The van der Waals surface area contributed by atoms with Crippen molar-refractivity contribution >= 4 is 47.7 Å². The molecule has 0 aromatic heterocycles. The van der Waals surface area contributed by atoms with Crippen LogP contribution in [0.2, 0.25) is 26.2 Å². The molecule has 0 spiro atoms. The van der Waals surface area contributed by atoms with Gasteiger partial charge in [0.15, 0.2) is 0 Å². The summed E-state index contributed by atoms with van der Waals surface area (Å²) in [5, 5.41) is 8.69. The zero-order valence-corrected chi connectivity index (χ0v) is 19.2. The Morgan fingerprint density at radius 1 is 0.393 bits per heavy atom. The normalized spacial score (nSPS) is 12.3. The number of rotatable bonds is 4. The molecule has 0 nitrogen and oxygen atoms in total. The Balaban J connectivity index is 1.74. The maximum atomic E-state index is 2.45. The Kier molecular flexibility index (Phi) is 4.86. The molecule has 0 atom stereocenters. The van der Waals surface area contributed by atoms with Gasteiger partial charge < -0.3 is 0 Å². The van der Waals surface area contributed by atoms with Gasteiger partial charge in [0.05, 0.1) is 0 Å². The van der Waals surface area contributed by atoms with Crippen LogP contribution in [0.3, 0.4) is 0 Å². The first kappa shape index (κ1) is 18.9. The van der Waals surface area contributed by atoms with E-state index in [2.05, 4.69) is 123 Å². The molecule has 28 heavy (non-hydrogen) atoms. The van der Waals surface area contributed by atoms with Crippen molar-refractivity contribution in [1.82, 2.24) is 0 Å². The minimum Gasteiger partial charge on any atom is -0.0626 e. The quantitative estimate of drug-likeness (QED) is 0.446. The van der Waals surface area contributed by atoms with Gasteiger partial charge in [0.2, 0.25) is 0 Å². The fraction of sp³-hybridized carbons (Fsp3) is 0.154. The monoisotopic (exact) mass is 396 g/mol. The number of fused-ring (bicyclic) bond motifs is 1. The molecular formula is C26H28Si2. The SMILES string of the molecule is C[Si](C)(c1ccccc1)c1ccc2cc([Si](C)(C)c3ccccc3)ccc2c1. The van der Waals surface area contributed by atoms with Crippen molar-refractivity contribution in [3.8, 4) is 0 Å². The van der Waals surface area contributed by atoms with Gasteiger partial charge in [0.25, 0.3) is 0 Å². The predicted octanol–water partition coefficient (Wildman–Crippen LogP) is 4.49. The van der Waals surface area contributed by atoms with E-state index in [9.17, 15) is 0 Å². The number of benzene rings is 4. The highest BCUT2D eigenvalue weighted by molar-refractivity contribution is 7.01. The van der Waals surface area contributed by atoms with Crippen LogP contribution in [0, 0.1) is 0 Å². The summed E-state index contributed by atoms with van der Waals surface area (Å²) in [7, 11) is -3.33. The number of hydrogen-bond donors (Lipinski definition) is 0. The highest BCUT2D eigenvalue weighted by Gasteiger charge is 2.27. The van der Waals surface area contributed by atoms with Crippen LogP contribution in [0.15, 0.2) is 97.1 Å². The van der Waals surface area contributed by atoms with Crippen molar-refractivity contribution in [1.29, 1.82) is 0 Å². The van der Waals surface area contributed by atoms with Crippen LogP contribution in [0.5, 0.6) is 0 Å². The van der Waals surface area contributed by atoms with E-state index in [1.165, 1.54) is 31.5 Å². The third-order valence-electron chi connectivity index (χ3n) is 6.27. The Labute approximate surface area is 170 Å². The molecule has 0 fully saturated rings. The molecule has 2 heteroatoms. The lowest BCUT2D eigenvalue weighted by molar-refractivity contribution is 1.68. The maximum absolute atomic E-state index is 2.45. The van der Waals surface area contributed by atoms with E-state index < -0.39 is 16.1 Å². The lowest BCUT2D eigenvalue weighted by atomic mass is 10.1. The second-order valence-electron chi connectivity index (χ2n) is 8.76. The van der Waals surface area contributed by atoms with Crippen molar-refractivity contribution in [2.75, 3.05) is 0 Å². The summed E-state index contributed by atoms with van der Waals surface area (Å²) >= 11 is 0. The topological polar surface area (TPSA) is 0 Å². The largest absolute Gasteiger partial charge is 0.112 e. The van der Waals surface area contributed by atoms with E-state index in [4.69, 9.17) is 0 Å². The Hall–Kier alpha value is -2.43. The van der Waals surface area contributed by atoms with E-state index in [-0.39, 0.29) is 0 Å². The van der Waals surface area contributed by atoms with E-state index >= 15 is 0 Å². The molecule has 0 amide bonds. The first-order valence-corrected chi connectivity index (χ1v) is 16.0. The van der Waals surface area contributed by atoms with Gasteiger partial charge in [0, 0.05) is 0 Å². The van der Waals surface area contributed by atoms with Crippen molar-refractivity contribution < 1.29 is 0 Å². The molecular weight excluding hydrogens is 368 g/mol. The molecule has 4 aromatic rings. The summed E-state index contributed by atoms with van der Waals surface area (Å²) < 4.78 is 0. The van der Waals surface area contributed by atoms with Gasteiger partial charge in [-0.2, -0.15) is 0 Å². The molecule has 0 saturated heterocycles. The van der Waals surface area contributed by atoms with Crippen LogP contribution in [-0.4, -0.2) is 16.1 Å². The van der Waals surface area contributed by atoms with Crippen LogP contribution in [-0.2, 0) is 0 Å². The molecule has 0 aliphatic heterocycles. The highest BCUT2D eigenvalue weighted by Crippen LogP contribution is 2.16. The van der Waals surface area contributed by atoms with Crippen LogP contribution in [0.25, 0.3) is 10.8 Å². The summed E-state index contributed by atoms with van der Waals surface area (Å²) in [5.41, 5.74) is 0. The molecule has 0 unspecified atom stereocenters. The second kappa shape index (κ2) is 7.19.